The first-order valence-electron chi connectivity index (χ1n) is 6.74. The third-order valence-corrected chi connectivity index (χ3v) is 3.02. The van der Waals surface area contributed by atoms with Crippen molar-refractivity contribution in [2.45, 2.75) is 19.3 Å². The van der Waals surface area contributed by atoms with Gasteiger partial charge in [0.25, 0.3) is 0 Å². The van der Waals surface area contributed by atoms with Crippen molar-refractivity contribution in [2.75, 3.05) is 13.7 Å². The summed E-state index contributed by atoms with van der Waals surface area (Å²) >= 11 is 0. The van der Waals surface area contributed by atoms with Gasteiger partial charge in [0.1, 0.15) is 5.75 Å². The lowest BCUT2D eigenvalue weighted by Gasteiger charge is -2.12. The van der Waals surface area contributed by atoms with Crippen LogP contribution in [-0.4, -0.2) is 29.9 Å². The quantitative estimate of drug-likeness (QED) is 0.764. The third kappa shape index (κ3) is 4.72. The van der Waals surface area contributed by atoms with Gasteiger partial charge in [-0.15, -0.1) is 13.2 Å². The lowest BCUT2D eigenvalue weighted by atomic mass is 10.1. The molecule has 0 spiro atoms. The number of methoxy groups -OCH3 is 1. The summed E-state index contributed by atoms with van der Waals surface area (Å²) < 4.78 is 48.2. The summed E-state index contributed by atoms with van der Waals surface area (Å²) in [4.78, 5) is 0. The van der Waals surface area contributed by atoms with Crippen molar-refractivity contribution in [1.82, 2.24) is 9.78 Å². The van der Waals surface area contributed by atoms with E-state index < -0.39 is 12.1 Å². The number of nitrogens with zero attached hydrogens (tertiary/aromatic N) is 3. The monoisotopic (exact) mass is 325 g/mol. The molecule has 1 aromatic heterocycles. The van der Waals surface area contributed by atoms with Gasteiger partial charge in [0, 0.05) is 37.6 Å². The number of hydrogen-bond acceptors (Lipinski definition) is 4. The molecule has 0 aliphatic carbocycles. The van der Waals surface area contributed by atoms with Crippen molar-refractivity contribution in [3.8, 4) is 22.9 Å². The van der Waals surface area contributed by atoms with Crippen LogP contribution in [-0.2, 0) is 11.3 Å². The molecule has 0 fully saturated rings. The third-order valence-electron chi connectivity index (χ3n) is 3.02. The zero-order valence-corrected chi connectivity index (χ0v) is 12.3. The molecule has 0 bridgehead atoms. The highest BCUT2D eigenvalue weighted by molar-refractivity contribution is 5.70. The van der Waals surface area contributed by atoms with Crippen molar-refractivity contribution >= 4 is 0 Å². The van der Waals surface area contributed by atoms with Crippen LogP contribution < -0.4 is 4.74 Å². The molecule has 23 heavy (non-hydrogen) atoms. The Morgan fingerprint density at radius 2 is 2.13 bits per heavy atom. The number of rotatable bonds is 6. The molecule has 0 atom stereocenters. The number of hydrogen-bond donors (Lipinski definition) is 0. The average Bonchev–Trinajstić information content (AvgIpc) is 2.94. The van der Waals surface area contributed by atoms with Gasteiger partial charge in [0.2, 0.25) is 0 Å². The van der Waals surface area contributed by atoms with E-state index >= 15 is 0 Å². The highest BCUT2D eigenvalue weighted by Gasteiger charge is 2.32. The van der Waals surface area contributed by atoms with Crippen LogP contribution in [0.1, 0.15) is 12.0 Å². The second-order valence-corrected chi connectivity index (χ2v) is 4.71. The molecule has 0 radical (unpaired) electrons. The van der Waals surface area contributed by atoms with Crippen LogP contribution in [0.3, 0.4) is 0 Å². The van der Waals surface area contributed by atoms with E-state index in [4.69, 9.17) is 10.00 Å². The molecule has 1 heterocycles. The Morgan fingerprint density at radius 1 is 1.35 bits per heavy atom. The minimum absolute atomic E-state index is 0.0838. The molecule has 0 saturated carbocycles. The molecule has 0 unspecified atom stereocenters. The number of aryl methyl sites for hydroxylation is 1. The van der Waals surface area contributed by atoms with E-state index in [0.29, 0.717) is 18.7 Å². The van der Waals surface area contributed by atoms with Crippen LogP contribution in [0.5, 0.6) is 5.75 Å². The lowest BCUT2D eigenvalue weighted by molar-refractivity contribution is -0.274. The standard InChI is InChI=1S/C15H14F3N3O2/c1-22-6-2-5-21-10-12(9-20-21)13-4-3-11(8-19)7-14(13)23-15(16,17)18/h3-4,7,9-10H,2,5-6H2,1H3. The van der Waals surface area contributed by atoms with Gasteiger partial charge >= 0.3 is 6.36 Å². The van der Waals surface area contributed by atoms with Crippen molar-refractivity contribution in [3.63, 3.8) is 0 Å². The predicted molar refractivity (Wildman–Crippen MR) is 75.6 cm³/mol. The van der Waals surface area contributed by atoms with Gasteiger partial charge in [0.15, 0.2) is 0 Å². The van der Waals surface area contributed by atoms with Crippen LogP contribution >= 0.6 is 0 Å². The number of ether oxygens (including phenoxy) is 2. The van der Waals surface area contributed by atoms with E-state index in [1.54, 1.807) is 24.1 Å². The van der Waals surface area contributed by atoms with Crippen LogP contribution in [0.25, 0.3) is 11.1 Å². The summed E-state index contributed by atoms with van der Waals surface area (Å²) in [5.74, 6) is -0.423. The maximum absolute atomic E-state index is 12.5. The summed E-state index contributed by atoms with van der Waals surface area (Å²) in [6, 6.07) is 5.69. The molecule has 0 aliphatic rings. The Morgan fingerprint density at radius 3 is 2.78 bits per heavy atom. The van der Waals surface area contributed by atoms with E-state index in [1.807, 2.05) is 0 Å². The highest BCUT2D eigenvalue weighted by Crippen LogP contribution is 2.34. The van der Waals surface area contributed by atoms with Gasteiger partial charge < -0.3 is 9.47 Å². The predicted octanol–water partition coefficient (Wildman–Crippen LogP) is 3.36. The van der Waals surface area contributed by atoms with Gasteiger partial charge in [-0.1, -0.05) is 0 Å². The molecule has 0 amide bonds. The van der Waals surface area contributed by atoms with Crippen LogP contribution in [0.4, 0.5) is 13.2 Å². The summed E-state index contributed by atoms with van der Waals surface area (Å²) in [6.07, 6.45) is -1.02. The zero-order valence-electron chi connectivity index (χ0n) is 12.3. The molecule has 8 heteroatoms. The second kappa shape index (κ2) is 7.15. The maximum atomic E-state index is 12.5. The van der Waals surface area contributed by atoms with E-state index in [0.717, 1.165) is 12.5 Å². The minimum Gasteiger partial charge on any atom is -0.405 e. The topological polar surface area (TPSA) is 60.1 Å². The Labute approximate surface area is 130 Å². The number of aromatic nitrogens is 2. The van der Waals surface area contributed by atoms with Crippen LogP contribution in [0.2, 0.25) is 0 Å². The Kier molecular flexibility index (Phi) is 5.24. The average molecular weight is 325 g/mol. The highest BCUT2D eigenvalue weighted by atomic mass is 19.4. The largest absolute Gasteiger partial charge is 0.573 e. The fraction of sp³-hybridized carbons (Fsp3) is 0.333. The van der Waals surface area contributed by atoms with E-state index in [9.17, 15) is 13.2 Å². The fourth-order valence-corrected chi connectivity index (χ4v) is 2.04. The first kappa shape index (κ1) is 16.8. The zero-order chi connectivity index (χ0) is 16.9. The molecular weight excluding hydrogens is 311 g/mol. The fourth-order valence-electron chi connectivity index (χ4n) is 2.04. The van der Waals surface area contributed by atoms with Gasteiger partial charge in [-0.2, -0.15) is 10.4 Å². The molecule has 2 rings (SSSR count). The molecule has 0 saturated heterocycles. The lowest BCUT2D eigenvalue weighted by Crippen LogP contribution is -2.17. The summed E-state index contributed by atoms with van der Waals surface area (Å²) in [5, 5.41) is 12.9. The van der Waals surface area contributed by atoms with E-state index in [1.165, 1.54) is 18.3 Å². The molecule has 0 N–H and O–H groups in total. The Balaban J connectivity index is 2.29. The van der Waals surface area contributed by atoms with Gasteiger partial charge in [-0.05, 0) is 24.6 Å². The van der Waals surface area contributed by atoms with Crippen molar-refractivity contribution in [2.24, 2.45) is 0 Å². The first-order valence-corrected chi connectivity index (χ1v) is 6.74. The second-order valence-electron chi connectivity index (χ2n) is 4.71. The van der Waals surface area contributed by atoms with Crippen molar-refractivity contribution in [1.29, 1.82) is 5.26 Å². The molecule has 1 aromatic carbocycles. The smallest absolute Gasteiger partial charge is 0.405 e. The molecule has 5 nitrogen and oxygen atoms in total. The molecule has 2 aromatic rings. The van der Waals surface area contributed by atoms with Crippen molar-refractivity contribution < 1.29 is 22.6 Å². The van der Waals surface area contributed by atoms with E-state index in [-0.39, 0.29) is 11.1 Å². The number of nitriles is 1. The van der Waals surface area contributed by atoms with Crippen molar-refractivity contribution in [3.05, 3.63) is 36.2 Å². The SMILES string of the molecule is COCCCn1cc(-c2ccc(C#N)cc2OC(F)(F)F)cn1. The van der Waals surface area contributed by atoms with Crippen LogP contribution in [0.15, 0.2) is 30.6 Å². The molecule has 0 aliphatic heterocycles. The molecular formula is C15H14F3N3O2. The minimum atomic E-state index is -4.84. The number of halogens is 3. The number of alkyl halides is 3. The van der Waals surface area contributed by atoms with E-state index in [2.05, 4.69) is 9.84 Å². The Bertz CT molecular complexity index is 705. The summed E-state index contributed by atoms with van der Waals surface area (Å²) in [7, 11) is 1.59. The summed E-state index contributed by atoms with van der Waals surface area (Å²) in [5.41, 5.74) is 0.783. The van der Waals surface area contributed by atoms with Gasteiger partial charge in [0.05, 0.1) is 17.8 Å². The Hall–Kier alpha value is -2.53. The molecule has 122 valence electrons. The maximum Gasteiger partial charge on any atom is 0.573 e. The van der Waals surface area contributed by atoms with Gasteiger partial charge in [-0.25, -0.2) is 0 Å². The normalized spacial score (nSPS) is 11.3. The summed E-state index contributed by atoms with van der Waals surface area (Å²) in [6.45, 7) is 1.15. The number of benzene rings is 1. The van der Waals surface area contributed by atoms with Crippen LogP contribution in [0, 0.1) is 11.3 Å². The van der Waals surface area contributed by atoms with Gasteiger partial charge in [-0.3, -0.25) is 4.68 Å². The first-order chi connectivity index (χ1) is 10.9.